The van der Waals surface area contributed by atoms with Gasteiger partial charge < -0.3 is 19.3 Å². The molecule has 1 amide bonds. The number of amides is 1. The summed E-state index contributed by atoms with van der Waals surface area (Å²) in [7, 11) is -1.06. The second-order valence-electron chi connectivity index (χ2n) is 7.31. The Morgan fingerprint density at radius 2 is 1.78 bits per heavy atom. The lowest BCUT2D eigenvalue weighted by Crippen LogP contribution is -2.50. The molecule has 1 aliphatic rings. The third kappa shape index (κ3) is 6.34. The second-order valence-corrected chi connectivity index (χ2v) is 8.87. The Kier molecular flexibility index (Phi) is 7.02. The third-order valence-corrected chi connectivity index (χ3v) is 4.64. The van der Waals surface area contributed by atoms with Gasteiger partial charge in [-0.25, -0.2) is 13.6 Å². The van der Waals surface area contributed by atoms with Gasteiger partial charge in [0.25, 0.3) is 0 Å². The van der Waals surface area contributed by atoms with Crippen LogP contribution in [0.3, 0.4) is 0 Å². The highest BCUT2D eigenvalue weighted by Crippen LogP contribution is 2.29. The van der Waals surface area contributed by atoms with Crippen molar-refractivity contribution in [1.29, 1.82) is 0 Å². The van der Waals surface area contributed by atoms with E-state index < -0.39 is 34.1 Å². The van der Waals surface area contributed by atoms with Crippen molar-refractivity contribution in [2.75, 3.05) is 49.7 Å². The van der Waals surface area contributed by atoms with Crippen molar-refractivity contribution in [2.45, 2.75) is 26.4 Å². The molecule has 6 nitrogen and oxygen atoms in total. The van der Waals surface area contributed by atoms with Crippen LogP contribution in [0.15, 0.2) is 12.1 Å². The fraction of sp³-hybridized carbons (Fsp3) is 0.611. The van der Waals surface area contributed by atoms with Crippen molar-refractivity contribution < 1.29 is 27.3 Å². The second kappa shape index (κ2) is 8.86. The molecule has 1 saturated heterocycles. The van der Waals surface area contributed by atoms with Crippen LogP contribution < -0.4 is 9.64 Å². The van der Waals surface area contributed by atoms with Gasteiger partial charge in [-0.05, 0) is 20.8 Å². The first-order valence-corrected chi connectivity index (χ1v) is 10.4. The van der Waals surface area contributed by atoms with Crippen LogP contribution >= 0.6 is 0 Å². The quantitative estimate of drug-likeness (QED) is 0.755. The van der Waals surface area contributed by atoms with E-state index in [2.05, 4.69) is 0 Å². The zero-order valence-corrected chi connectivity index (χ0v) is 16.9. The zero-order chi connectivity index (χ0) is 20.2. The summed E-state index contributed by atoms with van der Waals surface area (Å²) in [5.41, 5.74) is -0.362. The molecule has 9 heteroatoms. The van der Waals surface area contributed by atoms with Gasteiger partial charge in [-0.2, -0.15) is 0 Å². The van der Waals surface area contributed by atoms with Gasteiger partial charge in [-0.3, -0.25) is 4.21 Å². The largest absolute Gasteiger partial charge is 0.489 e. The lowest BCUT2D eigenvalue weighted by Gasteiger charge is -2.37. The highest BCUT2D eigenvalue weighted by atomic mass is 32.2. The van der Waals surface area contributed by atoms with E-state index >= 15 is 0 Å². The number of anilines is 1. The Bertz CT molecular complexity index is 701. The Morgan fingerprint density at radius 1 is 1.15 bits per heavy atom. The number of carbonyl (C=O) groups excluding carboxylic acids is 1. The van der Waals surface area contributed by atoms with Crippen LogP contribution in [0.25, 0.3) is 0 Å². The van der Waals surface area contributed by atoms with Gasteiger partial charge in [0.1, 0.15) is 11.4 Å². The van der Waals surface area contributed by atoms with Gasteiger partial charge in [0.05, 0.1) is 18.0 Å². The van der Waals surface area contributed by atoms with Crippen LogP contribution in [-0.4, -0.2) is 65.6 Å². The normalized spacial score (nSPS) is 16.2. The third-order valence-electron chi connectivity index (χ3n) is 3.90. The van der Waals surface area contributed by atoms with Crippen molar-refractivity contribution >= 4 is 22.6 Å². The van der Waals surface area contributed by atoms with Crippen molar-refractivity contribution in [3.63, 3.8) is 0 Å². The molecule has 1 heterocycles. The van der Waals surface area contributed by atoms with Crippen molar-refractivity contribution in [1.82, 2.24) is 4.90 Å². The number of hydrogen-bond acceptors (Lipinski definition) is 5. The summed E-state index contributed by atoms with van der Waals surface area (Å²) in [5.74, 6) is -1.30. The number of carbonyl (C=O) groups is 1. The highest BCUT2D eigenvalue weighted by Gasteiger charge is 2.27. The van der Waals surface area contributed by atoms with Gasteiger partial charge in [-0.15, -0.1) is 0 Å². The number of piperazine rings is 1. The molecule has 0 N–H and O–H groups in total. The number of rotatable bonds is 5. The predicted octanol–water partition coefficient (Wildman–Crippen LogP) is 2.78. The lowest BCUT2D eigenvalue weighted by atomic mass is 10.2. The molecule has 0 spiro atoms. The van der Waals surface area contributed by atoms with Gasteiger partial charge >= 0.3 is 6.09 Å². The van der Waals surface area contributed by atoms with Crippen LogP contribution in [0.2, 0.25) is 0 Å². The first kappa shape index (κ1) is 21.4. The molecule has 0 saturated carbocycles. The molecule has 1 aromatic rings. The molecule has 1 fully saturated rings. The topological polar surface area (TPSA) is 59.1 Å². The number of nitrogens with zero attached hydrogens (tertiary/aromatic N) is 2. The molecule has 27 heavy (non-hydrogen) atoms. The van der Waals surface area contributed by atoms with Crippen LogP contribution in [-0.2, 0) is 15.5 Å². The summed E-state index contributed by atoms with van der Waals surface area (Å²) < 4.78 is 49.9. The van der Waals surface area contributed by atoms with Crippen molar-refractivity contribution in [3.05, 3.63) is 23.8 Å². The Morgan fingerprint density at radius 3 is 2.33 bits per heavy atom. The summed E-state index contributed by atoms with van der Waals surface area (Å²) >= 11 is 0. The Hall–Kier alpha value is -1.90. The molecule has 1 aromatic carbocycles. The molecule has 0 bridgehead atoms. The SMILES string of the molecule is C[S@@](=O)CCOc1cc(N2CCN(C(=O)OC(C)(C)C)CC2)c(F)cc1F. The number of hydrogen-bond donors (Lipinski definition) is 0. The molecule has 1 atom stereocenters. The van der Waals surface area contributed by atoms with Crippen LogP contribution in [0.4, 0.5) is 19.3 Å². The Balaban J connectivity index is 2.02. The van der Waals surface area contributed by atoms with E-state index in [0.29, 0.717) is 26.2 Å². The molecule has 0 aliphatic carbocycles. The van der Waals surface area contributed by atoms with E-state index in [1.165, 1.54) is 12.3 Å². The zero-order valence-electron chi connectivity index (χ0n) is 16.1. The maximum Gasteiger partial charge on any atom is 0.410 e. The summed E-state index contributed by atoms with van der Waals surface area (Å²) in [6.45, 7) is 6.99. The van der Waals surface area contributed by atoms with Gasteiger partial charge in [0.15, 0.2) is 11.6 Å². The summed E-state index contributed by atoms with van der Waals surface area (Å²) in [4.78, 5) is 15.4. The first-order valence-electron chi connectivity index (χ1n) is 8.71. The van der Waals surface area contributed by atoms with E-state index in [4.69, 9.17) is 9.47 Å². The summed E-state index contributed by atoms with van der Waals surface area (Å²) in [6.07, 6.45) is 1.12. The van der Waals surface area contributed by atoms with Crippen molar-refractivity contribution in [2.24, 2.45) is 0 Å². The average molecular weight is 404 g/mol. The number of halogens is 2. The van der Waals surface area contributed by atoms with Gasteiger partial charge in [0.2, 0.25) is 0 Å². The van der Waals surface area contributed by atoms with E-state index in [1.807, 2.05) is 0 Å². The minimum atomic E-state index is -1.06. The summed E-state index contributed by atoms with van der Waals surface area (Å²) in [6, 6.07) is 2.10. The fourth-order valence-corrected chi connectivity index (χ4v) is 2.91. The maximum atomic E-state index is 14.3. The minimum Gasteiger partial charge on any atom is -0.489 e. The average Bonchev–Trinajstić information content (AvgIpc) is 2.55. The molecule has 152 valence electrons. The maximum absolute atomic E-state index is 14.3. The summed E-state index contributed by atoms with van der Waals surface area (Å²) in [5, 5.41) is 0. The molecule has 1 aliphatic heterocycles. The molecular weight excluding hydrogens is 378 g/mol. The smallest absolute Gasteiger partial charge is 0.410 e. The first-order chi connectivity index (χ1) is 12.6. The van der Waals surface area contributed by atoms with E-state index in [-0.39, 0.29) is 23.8 Å². The van der Waals surface area contributed by atoms with Crippen LogP contribution in [0.5, 0.6) is 5.75 Å². The predicted molar refractivity (Wildman–Crippen MR) is 101 cm³/mol. The molecule has 2 rings (SSSR count). The van der Waals surface area contributed by atoms with E-state index in [0.717, 1.165) is 6.07 Å². The molecule has 0 radical (unpaired) electrons. The highest BCUT2D eigenvalue weighted by molar-refractivity contribution is 7.84. The van der Waals surface area contributed by atoms with E-state index in [9.17, 15) is 17.8 Å². The minimum absolute atomic E-state index is 0.0774. The van der Waals surface area contributed by atoms with Crippen LogP contribution in [0, 0.1) is 11.6 Å². The lowest BCUT2D eigenvalue weighted by molar-refractivity contribution is 0.0240. The number of benzene rings is 1. The van der Waals surface area contributed by atoms with Crippen LogP contribution in [0.1, 0.15) is 20.8 Å². The fourth-order valence-electron chi connectivity index (χ4n) is 2.60. The molecule has 0 aromatic heterocycles. The standard InChI is InChI=1S/C18H26F2N2O4S/c1-18(2,3)26-17(23)22-7-5-21(6-8-22)15-12-16(14(20)11-13(15)19)25-9-10-27(4)24/h11-12H,5-10H2,1-4H3/t27-/m1/s1. The van der Waals surface area contributed by atoms with Gasteiger partial charge in [0, 0.05) is 55.4 Å². The Labute approximate surface area is 160 Å². The molecular formula is C18H26F2N2O4S. The van der Waals surface area contributed by atoms with E-state index in [1.54, 1.807) is 30.6 Å². The van der Waals surface area contributed by atoms with Gasteiger partial charge in [-0.1, -0.05) is 0 Å². The number of ether oxygens (including phenoxy) is 2. The van der Waals surface area contributed by atoms with Crippen molar-refractivity contribution in [3.8, 4) is 5.75 Å². The molecule has 0 unspecified atom stereocenters. The monoisotopic (exact) mass is 404 g/mol.